The van der Waals surface area contributed by atoms with E-state index < -0.39 is 24.1 Å². The minimum absolute atomic E-state index is 0.116. The van der Waals surface area contributed by atoms with E-state index in [0.717, 1.165) is 0 Å². The summed E-state index contributed by atoms with van der Waals surface area (Å²) < 4.78 is 0. The zero-order valence-electron chi connectivity index (χ0n) is 10.3. The van der Waals surface area contributed by atoms with Gasteiger partial charge in [0.05, 0.1) is 0 Å². The van der Waals surface area contributed by atoms with Crippen molar-refractivity contribution in [2.75, 3.05) is 20.1 Å². The SMILES string of the molecule is CN1CCC(NC(=O)N2CCCC2C(=O)O)C1=O. The zero-order chi connectivity index (χ0) is 13.3. The van der Waals surface area contributed by atoms with Crippen molar-refractivity contribution in [3.63, 3.8) is 0 Å². The Balaban J connectivity index is 1.96. The molecule has 2 fully saturated rings. The highest BCUT2D eigenvalue weighted by molar-refractivity contribution is 5.90. The van der Waals surface area contributed by atoms with E-state index in [4.69, 9.17) is 5.11 Å². The van der Waals surface area contributed by atoms with Crippen LogP contribution in [0.25, 0.3) is 0 Å². The summed E-state index contributed by atoms with van der Waals surface area (Å²) in [5.41, 5.74) is 0. The van der Waals surface area contributed by atoms with Crippen LogP contribution in [0.15, 0.2) is 0 Å². The van der Waals surface area contributed by atoms with Crippen LogP contribution in [-0.2, 0) is 9.59 Å². The summed E-state index contributed by atoms with van der Waals surface area (Å²) in [6.07, 6.45) is 1.73. The van der Waals surface area contributed by atoms with Gasteiger partial charge in [0.2, 0.25) is 5.91 Å². The van der Waals surface area contributed by atoms with Gasteiger partial charge in [0, 0.05) is 20.1 Å². The maximum absolute atomic E-state index is 11.9. The fraction of sp³-hybridized carbons (Fsp3) is 0.727. The lowest BCUT2D eigenvalue weighted by molar-refractivity contribution is -0.141. The molecular weight excluding hydrogens is 238 g/mol. The molecule has 0 saturated carbocycles. The Bertz CT molecular complexity index is 384. The lowest BCUT2D eigenvalue weighted by Gasteiger charge is -2.23. The highest BCUT2D eigenvalue weighted by Crippen LogP contribution is 2.18. The Hall–Kier alpha value is -1.79. The molecule has 2 aliphatic heterocycles. The van der Waals surface area contributed by atoms with Crippen LogP contribution in [0.1, 0.15) is 19.3 Å². The second kappa shape index (κ2) is 4.83. The molecule has 0 spiro atoms. The number of nitrogens with zero attached hydrogens (tertiary/aromatic N) is 2. The lowest BCUT2D eigenvalue weighted by atomic mass is 10.2. The summed E-state index contributed by atoms with van der Waals surface area (Å²) in [5.74, 6) is -1.10. The average molecular weight is 255 g/mol. The number of carboxylic acid groups (broad SMARTS) is 1. The van der Waals surface area contributed by atoms with Gasteiger partial charge in [0.15, 0.2) is 0 Å². The topological polar surface area (TPSA) is 90.0 Å². The molecule has 7 heteroatoms. The first-order valence-electron chi connectivity index (χ1n) is 6.05. The maximum atomic E-state index is 11.9. The van der Waals surface area contributed by atoms with Crippen molar-refractivity contribution in [3.8, 4) is 0 Å². The monoisotopic (exact) mass is 255 g/mol. The predicted molar refractivity (Wildman–Crippen MR) is 61.9 cm³/mol. The Labute approximate surface area is 105 Å². The number of carbonyl (C=O) groups excluding carboxylic acids is 2. The number of aliphatic carboxylic acids is 1. The third kappa shape index (κ3) is 2.25. The van der Waals surface area contributed by atoms with Crippen LogP contribution in [0.2, 0.25) is 0 Å². The number of hydrogen-bond donors (Lipinski definition) is 2. The lowest BCUT2D eigenvalue weighted by Crippen LogP contribution is -2.50. The fourth-order valence-electron chi connectivity index (χ4n) is 2.45. The number of likely N-dealkylation sites (N-methyl/N-ethyl adjacent to an activating group) is 1. The van der Waals surface area contributed by atoms with Crippen molar-refractivity contribution >= 4 is 17.9 Å². The first-order chi connectivity index (χ1) is 8.50. The zero-order valence-corrected chi connectivity index (χ0v) is 10.3. The molecule has 100 valence electrons. The highest BCUT2D eigenvalue weighted by atomic mass is 16.4. The van der Waals surface area contributed by atoms with Gasteiger partial charge in [-0.25, -0.2) is 9.59 Å². The summed E-state index contributed by atoms with van der Waals surface area (Å²) in [6, 6.07) is -1.73. The van der Waals surface area contributed by atoms with E-state index in [0.29, 0.717) is 32.4 Å². The first kappa shape index (κ1) is 12.7. The third-order valence-corrected chi connectivity index (χ3v) is 3.52. The van der Waals surface area contributed by atoms with Crippen LogP contribution in [-0.4, -0.2) is 65.0 Å². The van der Waals surface area contributed by atoms with Gasteiger partial charge < -0.3 is 20.2 Å². The molecule has 3 amide bonds. The van der Waals surface area contributed by atoms with Crippen molar-refractivity contribution in [1.82, 2.24) is 15.1 Å². The van der Waals surface area contributed by atoms with Crippen molar-refractivity contribution in [3.05, 3.63) is 0 Å². The molecule has 2 saturated heterocycles. The van der Waals surface area contributed by atoms with Crippen LogP contribution in [0.3, 0.4) is 0 Å². The molecule has 2 aliphatic rings. The average Bonchev–Trinajstić information content (AvgIpc) is 2.91. The molecule has 0 radical (unpaired) electrons. The quantitative estimate of drug-likeness (QED) is 0.694. The first-order valence-corrected chi connectivity index (χ1v) is 6.05. The van der Waals surface area contributed by atoms with Crippen molar-refractivity contribution in [2.45, 2.75) is 31.3 Å². The Kier molecular flexibility index (Phi) is 3.40. The van der Waals surface area contributed by atoms with Gasteiger partial charge in [0.25, 0.3) is 0 Å². The normalized spacial score (nSPS) is 27.7. The molecule has 2 unspecified atom stereocenters. The molecular formula is C11H17N3O4. The van der Waals surface area contributed by atoms with Gasteiger partial charge in [-0.05, 0) is 19.3 Å². The molecule has 7 nitrogen and oxygen atoms in total. The van der Waals surface area contributed by atoms with E-state index in [9.17, 15) is 14.4 Å². The number of likely N-dealkylation sites (tertiary alicyclic amines) is 2. The molecule has 0 aliphatic carbocycles. The van der Waals surface area contributed by atoms with Crippen LogP contribution < -0.4 is 5.32 Å². The van der Waals surface area contributed by atoms with Gasteiger partial charge in [-0.3, -0.25) is 4.79 Å². The molecule has 2 N–H and O–H groups in total. The van der Waals surface area contributed by atoms with Crippen LogP contribution in [0, 0.1) is 0 Å². The number of nitrogens with one attached hydrogen (secondary N) is 1. The Morgan fingerprint density at radius 1 is 1.33 bits per heavy atom. The summed E-state index contributed by atoms with van der Waals surface area (Å²) in [5, 5.41) is 11.6. The minimum atomic E-state index is -0.988. The van der Waals surface area contributed by atoms with E-state index in [-0.39, 0.29) is 5.91 Å². The van der Waals surface area contributed by atoms with E-state index in [2.05, 4.69) is 5.32 Å². The number of rotatable bonds is 2. The van der Waals surface area contributed by atoms with Crippen LogP contribution in [0.5, 0.6) is 0 Å². The molecule has 0 aromatic rings. The fourth-order valence-corrected chi connectivity index (χ4v) is 2.45. The van der Waals surface area contributed by atoms with Crippen LogP contribution in [0.4, 0.5) is 4.79 Å². The van der Waals surface area contributed by atoms with E-state index in [1.54, 1.807) is 11.9 Å². The number of hydrogen-bond acceptors (Lipinski definition) is 3. The van der Waals surface area contributed by atoms with E-state index in [1.165, 1.54) is 4.90 Å². The number of urea groups is 1. The number of carbonyl (C=O) groups is 3. The van der Waals surface area contributed by atoms with Gasteiger partial charge >= 0.3 is 12.0 Å². The minimum Gasteiger partial charge on any atom is -0.480 e. The van der Waals surface area contributed by atoms with Gasteiger partial charge in [-0.15, -0.1) is 0 Å². The summed E-state index contributed by atoms with van der Waals surface area (Å²) in [6.45, 7) is 1.05. The maximum Gasteiger partial charge on any atom is 0.326 e. The summed E-state index contributed by atoms with van der Waals surface area (Å²) >= 11 is 0. The molecule has 2 atom stereocenters. The molecule has 0 aromatic carbocycles. The van der Waals surface area contributed by atoms with Crippen LogP contribution >= 0.6 is 0 Å². The van der Waals surface area contributed by atoms with Crippen molar-refractivity contribution < 1.29 is 19.5 Å². The van der Waals surface area contributed by atoms with E-state index in [1.807, 2.05) is 0 Å². The van der Waals surface area contributed by atoms with Crippen molar-refractivity contribution in [2.24, 2.45) is 0 Å². The second-order valence-electron chi connectivity index (χ2n) is 4.74. The smallest absolute Gasteiger partial charge is 0.326 e. The number of carboxylic acids is 1. The van der Waals surface area contributed by atoms with Gasteiger partial charge in [-0.2, -0.15) is 0 Å². The van der Waals surface area contributed by atoms with Gasteiger partial charge in [-0.1, -0.05) is 0 Å². The largest absolute Gasteiger partial charge is 0.480 e. The summed E-state index contributed by atoms with van der Waals surface area (Å²) in [7, 11) is 1.68. The van der Waals surface area contributed by atoms with Crippen molar-refractivity contribution in [1.29, 1.82) is 0 Å². The summed E-state index contributed by atoms with van der Waals surface area (Å²) in [4.78, 5) is 37.4. The molecule has 0 bridgehead atoms. The predicted octanol–water partition coefficient (Wildman–Crippen LogP) is -0.524. The molecule has 2 heterocycles. The molecule has 2 rings (SSSR count). The third-order valence-electron chi connectivity index (χ3n) is 3.52. The second-order valence-corrected chi connectivity index (χ2v) is 4.74. The highest BCUT2D eigenvalue weighted by Gasteiger charge is 2.37. The van der Waals surface area contributed by atoms with E-state index >= 15 is 0 Å². The number of amides is 3. The molecule has 18 heavy (non-hydrogen) atoms. The Morgan fingerprint density at radius 2 is 2.06 bits per heavy atom. The Morgan fingerprint density at radius 3 is 2.61 bits per heavy atom. The molecule has 0 aromatic heterocycles. The standard InChI is InChI=1S/C11H17N3O4/c1-13-6-4-7(9(13)15)12-11(18)14-5-2-3-8(14)10(16)17/h7-8H,2-6H2,1H3,(H,12,18)(H,16,17). The van der Waals surface area contributed by atoms with Gasteiger partial charge in [0.1, 0.15) is 12.1 Å².